The zero-order valence-electron chi connectivity index (χ0n) is 10.8. The SMILES string of the molecule is Cc1cc(NC(=O)C(=O)OC(C)(C)C)ccc1Br. The van der Waals surface area contributed by atoms with E-state index >= 15 is 0 Å². The van der Waals surface area contributed by atoms with Crippen molar-refractivity contribution in [2.45, 2.75) is 33.3 Å². The van der Waals surface area contributed by atoms with Crippen LogP contribution in [0.4, 0.5) is 5.69 Å². The summed E-state index contributed by atoms with van der Waals surface area (Å²) in [6.45, 7) is 7.03. The van der Waals surface area contributed by atoms with Crippen LogP contribution >= 0.6 is 15.9 Å². The first kappa shape index (κ1) is 14.7. The van der Waals surface area contributed by atoms with E-state index in [2.05, 4.69) is 21.2 Å². The summed E-state index contributed by atoms with van der Waals surface area (Å²) in [6.07, 6.45) is 0. The van der Waals surface area contributed by atoms with Crippen molar-refractivity contribution in [3.8, 4) is 0 Å². The molecule has 0 spiro atoms. The molecule has 18 heavy (non-hydrogen) atoms. The maximum atomic E-state index is 11.6. The number of esters is 1. The molecule has 0 unspecified atom stereocenters. The highest BCUT2D eigenvalue weighted by molar-refractivity contribution is 9.10. The molecule has 1 rings (SSSR count). The Kier molecular flexibility index (Phi) is 4.51. The fourth-order valence-corrected chi connectivity index (χ4v) is 1.48. The second-order valence-corrected chi connectivity index (χ2v) is 5.77. The van der Waals surface area contributed by atoms with Crippen molar-refractivity contribution in [1.29, 1.82) is 0 Å². The van der Waals surface area contributed by atoms with E-state index < -0.39 is 17.5 Å². The van der Waals surface area contributed by atoms with E-state index in [1.54, 1.807) is 39.0 Å². The Morgan fingerprint density at radius 2 is 1.89 bits per heavy atom. The van der Waals surface area contributed by atoms with Crippen molar-refractivity contribution >= 4 is 33.5 Å². The first-order valence-electron chi connectivity index (χ1n) is 5.49. The maximum Gasteiger partial charge on any atom is 0.397 e. The molecule has 0 aliphatic heterocycles. The highest BCUT2D eigenvalue weighted by atomic mass is 79.9. The number of amides is 1. The van der Waals surface area contributed by atoms with Crippen LogP contribution in [0.15, 0.2) is 22.7 Å². The Morgan fingerprint density at radius 3 is 2.39 bits per heavy atom. The van der Waals surface area contributed by atoms with Gasteiger partial charge in [0, 0.05) is 10.2 Å². The number of halogens is 1. The Hall–Kier alpha value is -1.36. The van der Waals surface area contributed by atoms with Crippen molar-refractivity contribution in [3.05, 3.63) is 28.2 Å². The van der Waals surface area contributed by atoms with E-state index in [1.807, 2.05) is 6.92 Å². The summed E-state index contributed by atoms with van der Waals surface area (Å²) < 4.78 is 5.91. The molecule has 1 N–H and O–H groups in total. The van der Waals surface area contributed by atoms with Gasteiger partial charge in [-0.05, 0) is 51.5 Å². The number of ether oxygens (including phenoxy) is 1. The normalized spacial score (nSPS) is 10.9. The van der Waals surface area contributed by atoms with Crippen LogP contribution in [0.2, 0.25) is 0 Å². The van der Waals surface area contributed by atoms with Crippen molar-refractivity contribution in [2.24, 2.45) is 0 Å². The van der Waals surface area contributed by atoms with Gasteiger partial charge in [-0.1, -0.05) is 15.9 Å². The second-order valence-electron chi connectivity index (χ2n) is 4.92. The molecule has 1 aromatic rings. The monoisotopic (exact) mass is 313 g/mol. The molecule has 0 bridgehead atoms. The number of anilines is 1. The molecule has 0 aliphatic carbocycles. The van der Waals surface area contributed by atoms with Crippen molar-refractivity contribution in [3.63, 3.8) is 0 Å². The third-order valence-electron chi connectivity index (χ3n) is 2.00. The predicted molar refractivity (Wildman–Crippen MR) is 73.4 cm³/mol. The summed E-state index contributed by atoms with van der Waals surface area (Å²) in [6, 6.07) is 5.28. The molecule has 5 heteroatoms. The van der Waals surface area contributed by atoms with Crippen LogP contribution in [0.3, 0.4) is 0 Å². The average molecular weight is 314 g/mol. The van der Waals surface area contributed by atoms with Gasteiger partial charge in [-0.3, -0.25) is 4.79 Å². The number of carbonyl (C=O) groups is 2. The van der Waals surface area contributed by atoms with Crippen molar-refractivity contribution < 1.29 is 14.3 Å². The highest BCUT2D eigenvalue weighted by Gasteiger charge is 2.22. The van der Waals surface area contributed by atoms with Gasteiger partial charge in [0.05, 0.1) is 0 Å². The summed E-state index contributed by atoms with van der Waals surface area (Å²) in [7, 11) is 0. The zero-order chi connectivity index (χ0) is 13.9. The van der Waals surface area contributed by atoms with Crippen LogP contribution in [0, 0.1) is 6.92 Å². The van der Waals surface area contributed by atoms with Crippen LogP contribution in [-0.2, 0) is 14.3 Å². The molecule has 0 atom stereocenters. The lowest BCUT2D eigenvalue weighted by Gasteiger charge is -2.18. The van der Waals surface area contributed by atoms with Gasteiger partial charge in [0.25, 0.3) is 0 Å². The lowest BCUT2D eigenvalue weighted by atomic mass is 10.2. The second kappa shape index (κ2) is 5.52. The van der Waals surface area contributed by atoms with Gasteiger partial charge in [0.15, 0.2) is 0 Å². The third-order valence-corrected chi connectivity index (χ3v) is 2.89. The average Bonchev–Trinajstić information content (AvgIpc) is 2.21. The number of aryl methyl sites for hydroxylation is 1. The molecular weight excluding hydrogens is 298 g/mol. The first-order valence-corrected chi connectivity index (χ1v) is 6.29. The molecule has 0 fully saturated rings. The van der Waals surface area contributed by atoms with Crippen LogP contribution < -0.4 is 5.32 Å². The number of benzene rings is 1. The molecule has 0 saturated heterocycles. The van der Waals surface area contributed by atoms with Crippen molar-refractivity contribution in [2.75, 3.05) is 5.32 Å². The summed E-state index contributed by atoms with van der Waals surface area (Å²) in [5.74, 6) is -1.66. The maximum absolute atomic E-state index is 11.6. The van der Waals surface area contributed by atoms with E-state index in [0.717, 1.165) is 10.0 Å². The summed E-state index contributed by atoms with van der Waals surface area (Å²) in [5, 5.41) is 2.50. The van der Waals surface area contributed by atoms with Gasteiger partial charge in [0.1, 0.15) is 5.60 Å². The van der Waals surface area contributed by atoms with Gasteiger partial charge < -0.3 is 10.1 Å². The van der Waals surface area contributed by atoms with Gasteiger partial charge in [-0.25, -0.2) is 4.79 Å². The van der Waals surface area contributed by atoms with Gasteiger partial charge in [-0.15, -0.1) is 0 Å². The van der Waals surface area contributed by atoms with E-state index in [4.69, 9.17) is 4.74 Å². The standard InChI is InChI=1S/C13H16BrNO3/c1-8-7-9(5-6-10(8)14)15-11(16)12(17)18-13(2,3)4/h5-7H,1-4H3,(H,15,16). The van der Waals surface area contributed by atoms with Crippen molar-refractivity contribution in [1.82, 2.24) is 0 Å². The van der Waals surface area contributed by atoms with E-state index in [0.29, 0.717) is 5.69 Å². The molecule has 0 aromatic heterocycles. The minimum absolute atomic E-state index is 0.562. The minimum atomic E-state index is -0.886. The van der Waals surface area contributed by atoms with E-state index in [9.17, 15) is 9.59 Å². The van der Waals surface area contributed by atoms with Gasteiger partial charge >= 0.3 is 11.9 Å². The quantitative estimate of drug-likeness (QED) is 0.640. The molecule has 4 nitrogen and oxygen atoms in total. The topological polar surface area (TPSA) is 55.4 Å². The number of carbonyl (C=O) groups excluding carboxylic acids is 2. The number of nitrogens with one attached hydrogen (secondary N) is 1. The smallest absolute Gasteiger partial charge is 0.397 e. The molecule has 0 heterocycles. The number of hydrogen-bond acceptors (Lipinski definition) is 3. The van der Waals surface area contributed by atoms with Crippen LogP contribution in [-0.4, -0.2) is 17.5 Å². The van der Waals surface area contributed by atoms with Gasteiger partial charge in [-0.2, -0.15) is 0 Å². The van der Waals surface area contributed by atoms with Crippen LogP contribution in [0.25, 0.3) is 0 Å². The molecular formula is C13H16BrNO3. The Balaban J connectivity index is 2.70. The molecule has 0 radical (unpaired) electrons. The number of hydrogen-bond donors (Lipinski definition) is 1. The summed E-state index contributed by atoms with van der Waals surface area (Å²) in [4.78, 5) is 23.1. The van der Waals surface area contributed by atoms with Crippen LogP contribution in [0.5, 0.6) is 0 Å². The molecule has 0 aliphatic rings. The lowest BCUT2D eigenvalue weighted by Crippen LogP contribution is -2.32. The summed E-state index contributed by atoms with van der Waals surface area (Å²) in [5.41, 5.74) is 0.855. The molecule has 1 aromatic carbocycles. The van der Waals surface area contributed by atoms with E-state index in [-0.39, 0.29) is 0 Å². The Labute approximate surface area is 115 Å². The zero-order valence-corrected chi connectivity index (χ0v) is 12.4. The molecule has 0 saturated carbocycles. The highest BCUT2D eigenvalue weighted by Crippen LogP contribution is 2.20. The predicted octanol–water partition coefficient (Wildman–Crippen LogP) is 3.04. The van der Waals surface area contributed by atoms with E-state index in [1.165, 1.54) is 0 Å². The van der Waals surface area contributed by atoms with Gasteiger partial charge in [0.2, 0.25) is 0 Å². The number of rotatable bonds is 1. The Bertz CT molecular complexity index is 478. The summed E-state index contributed by atoms with van der Waals surface area (Å²) >= 11 is 3.36. The fourth-order valence-electron chi connectivity index (χ4n) is 1.23. The molecule has 98 valence electrons. The molecule has 1 amide bonds. The Morgan fingerprint density at radius 1 is 1.28 bits per heavy atom. The third kappa shape index (κ3) is 4.49. The first-order chi connectivity index (χ1) is 8.19. The minimum Gasteiger partial charge on any atom is -0.453 e. The largest absolute Gasteiger partial charge is 0.453 e. The fraction of sp³-hybridized carbons (Fsp3) is 0.385. The van der Waals surface area contributed by atoms with Crippen LogP contribution in [0.1, 0.15) is 26.3 Å². The lowest BCUT2D eigenvalue weighted by molar-refractivity contribution is -0.161.